The first-order valence-electron chi connectivity index (χ1n) is 5.19. The van der Waals surface area contributed by atoms with Crippen LogP contribution < -0.4 is 5.73 Å². The molecule has 0 unspecified atom stereocenters. The van der Waals surface area contributed by atoms with Crippen molar-refractivity contribution in [1.29, 1.82) is 5.26 Å². The van der Waals surface area contributed by atoms with Crippen molar-refractivity contribution in [2.75, 3.05) is 5.73 Å². The zero-order chi connectivity index (χ0) is 12.6. The molecule has 1 heterocycles. The van der Waals surface area contributed by atoms with Crippen molar-refractivity contribution in [3.63, 3.8) is 0 Å². The van der Waals surface area contributed by atoms with Gasteiger partial charge in [-0.1, -0.05) is 13.3 Å². The third-order valence-electron chi connectivity index (χ3n) is 2.61. The molecule has 5 heteroatoms. The van der Waals surface area contributed by atoms with Gasteiger partial charge in [0, 0.05) is 11.5 Å². The number of rotatable bonds is 2. The number of fused-ring (bicyclic) bond motifs is 1. The highest BCUT2D eigenvalue weighted by Crippen LogP contribution is 2.38. The fourth-order valence-corrected chi connectivity index (χ4v) is 2.85. The summed E-state index contributed by atoms with van der Waals surface area (Å²) in [5.74, 6) is -1.26. The number of nitrogen functional groups attached to an aromatic ring is 1. The Labute approximate surface area is 101 Å². The number of anilines is 1. The van der Waals surface area contributed by atoms with E-state index < -0.39 is 11.6 Å². The molecule has 2 N–H and O–H groups in total. The number of thiophene rings is 1. The second-order valence-corrected chi connectivity index (χ2v) is 4.78. The van der Waals surface area contributed by atoms with Gasteiger partial charge in [0.05, 0.1) is 10.3 Å². The highest BCUT2D eigenvalue weighted by atomic mass is 32.1. The molecule has 0 radical (unpaired) electrons. The van der Waals surface area contributed by atoms with E-state index in [1.165, 1.54) is 0 Å². The third kappa shape index (κ3) is 1.75. The zero-order valence-electron chi connectivity index (χ0n) is 9.18. The van der Waals surface area contributed by atoms with E-state index in [0.717, 1.165) is 23.8 Å². The smallest absolute Gasteiger partial charge is 0.144 e. The summed E-state index contributed by atoms with van der Waals surface area (Å²) < 4.78 is 27.6. The van der Waals surface area contributed by atoms with Gasteiger partial charge in [-0.05, 0) is 12.0 Å². The summed E-state index contributed by atoms with van der Waals surface area (Å²) in [5, 5.41) is 9.59. The molecule has 0 saturated carbocycles. The quantitative estimate of drug-likeness (QED) is 0.888. The molecule has 0 aliphatic carbocycles. The van der Waals surface area contributed by atoms with Crippen LogP contribution in [0.1, 0.15) is 24.5 Å². The lowest BCUT2D eigenvalue weighted by Gasteiger charge is -2.04. The van der Waals surface area contributed by atoms with Gasteiger partial charge in [-0.3, -0.25) is 0 Å². The molecule has 0 aliphatic heterocycles. The number of nitrogens with two attached hydrogens (primary N) is 1. The van der Waals surface area contributed by atoms with Crippen LogP contribution in [0.2, 0.25) is 0 Å². The SMILES string of the molecule is CCCc1c(F)cc(F)c2sc(N)c(C#N)c12. The maximum absolute atomic E-state index is 13.7. The highest BCUT2D eigenvalue weighted by molar-refractivity contribution is 7.23. The van der Waals surface area contributed by atoms with Crippen LogP contribution in [0.5, 0.6) is 0 Å². The number of aryl methyl sites for hydroxylation is 1. The molecule has 17 heavy (non-hydrogen) atoms. The second kappa shape index (κ2) is 4.30. The van der Waals surface area contributed by atoms with Gasteiger partial charge >= 0.3 is 0 Å². The van der Waals surface area contributed by atoms with Crippen molar-refractivity contribution in [2.45, 2.75) is 19.8 Å². The molecule has 1 aromatic carbocycles. The van der Waals surface area contributed by atoms with Gasteiger partial charge < -0.3 is 5.73 Å². The topological polar surface area (TPSA) is 49.8 Å². The lowest BCUT2D eigenvalue weighted by Crippen LogP contribution is -1.94. The van der Waals surface area contributed by atoms with E-state index in [0.29, 0.717) is 17.4 Å². The fourth-order valence-electron chi connectivity index (χ4n) is 1.89. The molecule has 0 amide bonds. The van der Waals surface area contributed by atoms with Gasteiger partial charge in [-0.2, -0.15) is 5.26 Å². The van der Waals surface area contributed by atoms with Gasteiger partial charge in [0.2, 0.25) is 0 Å². The molecule has 1 aromatic heterocycles. The average Bonchev–Trinajstić information content (AvgIpc) is 2.61. The first kappa shape index (κ1) is 11.8. The number of hydrogen-bond donors (Lipinski definition) is 1. The first-order valence-corrected chi connectivity index (χ1v) is 6.00. The Kier molecular flexibility index (Phi) is 2.99. The van der Waals surface area contributed by atoms with E-state index >= 15 is 0 Å². The standard InChI is InChI=1S/C12H10F2N2S/c1-2-3-6-8(13)4-9(14)11-10(6)7(5-15)12(16)17-11/h4H,2-3,16H2,1H3. The highest BCUT2D eigenvalue weighted by Gasteiger charge is 2.19. The minimum atomic E-state index is -0.657. The van der Waals surface area contributed by atoms with E-state index in [4.69, 9.17) is 11.0 Å². The Morgan fingerprint density at radius 2 is 2.12 bits per heavy atom. The summed E-state index contributed by atoms with van der Waals surface area (Å²) in [4.78, 5) is 0. The van der Waals surface area contributed by atoms with Crippen molar-refractivity contribution >= 4 is 26.4 Å². The van der Waals surface area contributed by atoms with Crippen molar-refractivity contribution in [3.8, 4) is 6.07 Å². The van der Waals surface area contributed by atoms with Gasteiger partial charge in [-0.15, -0.1) is 11.3 Å². The van der Waals surface area contributed by atoms with E-state index in [-0.39, 0.29) is 15.3 Å². The maximum Gasteiger partial charge on any atom is 0.144 e. The van der Waals surface area contributed by atoms with Crippen LogP contribution in [0.3, 0.4) is 0 Å². The average molecular weight is 252 g/mol. The molecule has 0 saturated heterocycles. The minimum absolute atomic E-state index is 0.187. The molecular formula is C12H10F2N2S. The van der Waals surface area contributed by atoms with Crippen LogP contribution in [-0.2, 0) is 6.42 Å². The van der Waals surface area contributed by atoms with Crippen molar-refractivity contribution in [1.82, 2.24) is 0 Å². The molecule has 88 valence electrons. The number of halogens is 2. The predicted octanol–water partition coefficient (Wildman–Crippen LogP) is 3.59. The van der Waals surface area contributed by atoms with Gasteiger partial charge in [0.25, 0.3) is 0 Å². The van der Waals surface area contributed by atoms with Crippen LogP contribution >= 0.6 is 11.3 Å². The Hall–Kier alpha value is -1.67. The van der Waals surface area contributed by atoms with Crippen LogP contribution in [-0.4, -0.2) is 0 Å². The number of nitriles is 1. The summed E-state index contributed by atoms with van der Waals surface area (Å²) in [6, 6.07) is 2.79. The zero-order valence-corrected chi connectivity index (χ0v) is 10.00. The monoisotopic (exact) mass is 252 g/mol. The summed E-state index contributed by atoms with van der Waals surface area (Å²) in [5.41, 5.74) is 6.22. The van der Waals surface area contributed by atoms with Crippen LogP contribution in [0, 0.1) is 23.0 Å². The number of hydrogen-bond acceptors (Lipinski definition) is 3. The van der Waals surface area contributed by atoms with Crippen LogP contribution in [0.25, 0.3) is 10.1 Å². The molecule has 0 atom stereocenters. The van der Waals surface area contributed by atoms with Crippen LogP contribution in [0.15, 0.2) is 6.07 Å². The molecule has 2 nitrogen and oxygen atoms in total. The Balaban J connectivity index is 2.92. The van der Waals surface area contributed by atoms with Crippen molar-refractivity contribution < 1.29 is 8.78 Å². The minimum Gasteiger partial charge on any atom is -0.389 e. The molecule has 2 rings (SSSR count). The normalized spacial score (nSPS) is 10.7. The number of benzene rings is 1. The van der Waals surface area contributed by atoms with E-state index in [1.807, 2.05) is 13.0 Å². The van der Waals surface area contributed by atoms with Crippen LogP contribution in [0.4, 0.5) is 13.8 Å². The third-order valence-corrected chi connectivity index (χ3v) is 3.64. The predicted molar refractivity (Wildman–Crippen MR) is 64.9 cm³/mol. The second-order valence-electron chi connectivity index (χ2n) is 3.73. The fraction of sp³-hybridized carbons (Fsp3) is 0.250. The molecule has 0 fully saturated rings. The van der Waals surface area contributed by atoms with E-state index in [9.17, 15) is 8.78 Å². The molecule has 2 aromatic rings. The van der Waals surface area contributed by atoms with Gasteiger partial charge in [-0.25, -0.2) is 8.78 Å². The Bertz CT molecular complexity index is 626. The molecule has 0 aliphatic rings. The lowest BCUT2D eigenvalue weighted by atomic mass is 10.0. The molecule has 0 spiro atoms. The van der Waals surface area contributed by atoms with Gasteiger partial charge in [0.15, 0.2) is 0 Å². The van der Waals surface area contributed by atoms with E-state index in [1.54, 1.807) is 0 Å². The maximum atomic E-state index is 13.7. The Morgan fingerprint density at radius 3 is 2.71 bits per heavy atom. The first-order chi connectivity index (χ1) is 8.10. The largest absolute Gasteiger partial charge is 0.389 e. The van der Waals surface area contributed by atoms with Crippen molar-refractivity contribution in [2.24, 2.45) is 0 Å². The van der Waals surface area contributed by atoms with E-state index in [2.05, 4.69) is 0 Å². The summed E-state index contributed by atoms with van der Waals surface area (Å²) in [6.45, 7) is 1.90. The summed E-state index contributed by atoms with van der Waals surface area (Å²) >= 11 is 0.992. The van der Waals surface area contributed by atoms with Gasteiger partial charge in [0.1, 0.15) is 22.7 Å². The lowest BCUT2D eigenvalue weighted by molar-refractivity contribution is 0.580. The Morgan fingerprint density at radius 1 is 1.41 bits per heavy atom. The van der Waals surface area contributed by atoms with Crippen molar-refractivity contribution in [3.05, 3.63) is 28.8 Å². The number of nitrogens with zero attached hydrogens (tertiary/aromatic N) is 1. The summed E-state index contributed by atoms with van der Waals surface area (Å²) in [7, 11) is 0. The molecule has 0 bridgehead atoms. The molecular weight excluding hydrogens is 242 g/mol. The summed E-state index contributed by atoms with van der Waals surface area (Å²) in [6.07, 6.45) is 1.19.